The molecule has 0 aliphatic carbocycles. The maximum absolute atomic E-state index is 12.7. The summed E-state index contributed by atoms with van der Waals surface area (Å²) in [6.07, 6.45) is 3.82. The molecule has 0 bridgehead atoms. The Hall–Kier alpha value is -2.05. The minimum atomic E-state index is 0.110. The molecule has 1 saturated heterocycles. The SMILES string of the molecule is CSc1cccc(C(=O)N2CCC(Oc3nc4ccccc4s3)CC2)c1. The second-order valence-electron chi connectivity index (χ2n) is 6.29. The van der Waals surface area contributed by atoms with Gasteiger partial charge in [-0.05, 0) is 36.6 Å². The Kier molecular flexibility index (Phi) is 5.13. The number of likely N-dealkylation sites (tertiary alicyclic amines) is 1. The molecular formula is C20H20N2O2S2. The predicted molar refractivity (Wildman–Crippen MR) is 107 cm³/mol. The highest BCUT2D eigenvalue weighted by Gasteiger charge is 2.25. The zero-order valence-corrected chi connectivity index (χ0v) is 16.2. The molecule has 0 saturated carbocycles. The van der Waals surface area contributed by atoms with Crippen LogP contribution in [0.3, 0.4) is 0 Å². The van der Waals surface area contributed by atoms with Gasteiger partial charge in [0.15, 0.2) is 0 Å². The van der Waals surface area contributed by atoms with Crippen LogP contribution in [0.25, 0.3) is 10.2 Å². The number of thioether (sulfide) groups is 1. The van der Waals surface area contributed by atoms with Gasteiger partial charge in [-0.1, -0.05) is 29.5 Å². The molecule has 0 radical (unpaired) electrons. The van der Waals surface area contributed by atoms with Crippen molar-refractivity contribution in [2.75, 3.05) is 19.3 Å². The van der Waals surface area contributed by atoms with Crippen LogP contribution in [-0.2, 0) is 0 Å². The first-order chi connectivity index (χ1) is 12.7. The molecular weight excluding hydrogens is 364 g/mol. The Morgan fingerprint density at radius 3 is 2.77 bits per heavy atom. The number of hydrogen-bond acceptors (Lipinski definition) is 5. The number of ether oxygens (including phenoxy) is 1. The van der Waals surface area contributed by atoms with Crippen LogP contribution < -0.4 is 4.74 Å². The fourth-order valence-electron chi connectivity index (χ4n) is 3.16. The minimum absolute atomic E-state index is 0.110. The van der Waals surface area contributed by atoms with Crippen LogP contribution in [0.2, 0.25) is 0 Å². The van der Waals surface area contributed by atoms with Crippen molar-refractivity contribution >= 4 is 39.2 Å². The van der Waals surface area contributed by atoms with Crippen LogP contribution in [0, 0.1) is 0 Å². The quantitative estimate of drug-likeness (QED) is 0.612. The first kappa shape index (κ1) is 17.4. The Labute approximate surface area is 161 Å². The highest BCUT2D eigenvalue weighted by Crippen LogP contribution is 2.29. The smallest absolute Gasteiger partial charge is 0.274 e. The van der Waals surface area contributed by atoms with Gasteiger partial charge in [0, 0.05) is 36.4 Å². The van der Waals surface area contributed by atoms with E-state index < -0.39 is 0 Å². The van der Waals surface area contributed by atoms with Crippen molar-refractivity contribution in [3.63, 3.8) is 0 Å². The van der Waals surface area contributed by atoms with E-state index in [0.717, 1.165) is 51.8 Å². The maximum atomic E-state index is 12.7. The molecule has 2 aromatic carbocycles. The maximum Gasteiger partial charge on any atom is 0.274 e. The Balaban J connectivity index is 1.36. The third-order valence-electron chi connectivity index (χ3n) is 4.59. The van der Waals surface area contributed by atoms with E-state index in [4.69, 9.17) is 4.74 Å². The van der Waals surface area contributed by atoms with E-state index in [-0.39, 0.29) is 12.0 Å². The third-order valence-corrected chi connectivity index (χ3v) is 6.24. The van der Waals surface area contributed by atoms with Gasteiger partial charge in [-0.25, -0.2) is 4.98 Å². The average molecular weight is 385 g/mol. The van der Waals surface area contributed by atoms with Crippen molar-refractivity contribution in [1.82, 2.24) is 9.88 Å². The second kappa shape index (κ2) is 7.68. The number of aromatic nitrogens is 1. The van der Waals surface area contributed by atoms with E-state index in [1.54, 1.807) is 23.1 Å². The summed E-state index contributed by atoms with van der Waals surface area (Å²) in [4.78, 5) is 20.3. The summed E-state index contributed by atoms with van der Waals surface area (Å²) in [6, 6.07) is 15.9. The number of amides is 1. The summed E-state index contributed by atoms with van der Waals surface area (Å²) < 4.78 is 7.22. The van der Waals surface area contributed by atoms with Crippen LogP contribution in [0.5, 0.6) is 5.19 Å². The molecule has 4 nitrogen and oxygen atoms in total. The fourth-order valence-corrected chi connectivity index (χ4v) is 4.50. The van der Waals surface area contributed by atoms with Gasteiger partial charge < -0.3 is 9.64 Å². The van der Waals surface area contributed by atoms with Crippen molar-refractivity contribution < 1.29 is 9.53 Å². The zero-order valence-electron chi connectivity index (χ0n) is 14.6. The molecule has 0 unspecified atom stereocenters. The lowest BCUT2D eigenvalue weighted by molar-refractivity contribution is 0.0595. The van der Waals surface area contributed by atoms with E-state index in [9.17, 15) is 4.79 Å². The topological polar surface area (TPSA) is 42.4 Å². The van der Waals surface area contributed by atoms with Gasteiger partial charge in [0.2, 0.25) is 0 Å². The van der Waals surface area contributed by atoms with Gasteiger partial charge in [-0.2, -0.15) is 0 Å². The van der Waals surface area contributed by atoms with Gasteiger partial charge in [-0.3, -0.25) is 4.79 Å². The number of nitrogens with zero attached hydrogens (tertiary/aromatic N) is 2. The van der Waals surface area contributed by atoms with E-state index in [0.29, 0.717) is 0 Å². The molecule has 1 amide bonds. The lowest BCUT2D eigenvalue weighted by Crippen LogP contribution is -2.41. The number of carbonyl (C=O) groups is 1. The highest BCUT2D eigenvalue weighted by molar-refractivity contribution is 7.98. The Bertz CT molecular complexity index is 884. The summed E-state index contributed by atoms with van der Waals surface area (Å²) in [5.74, 6) is 0.110. The number of fused-ring (bicyclic) bond motifs is 1. The third kappa shape index (κ3) is 3.71. The Morgan fingerprint density at radius 1 is 1.19 bits per heavy atom. The monoisotopic (exact) mass is 384 g/mol. The average Bonchev–Trinajstić information content (AvgIpc) is 3.10. The summed E-state index contributed by atoms with van der Waals surface area (Å²) >= 11 is 3.24. The van der Waals surface area contributed by atoms with Gasteiger partial charge >= 0.3 is 0 Å². The van der Waals surface area contributed by atoms with Gasteiger partial charge in [0.1, 0.15) is 6.10 Å². The van der Waals surface area contributed by atoms with Gasteiger partial charge in [0.05, 0.1) is 10.2 Å². The molecule has 1 aromatic heterocycles. The normalized spacial score (nSPS) is 15.3. The molecule has 1 aliphatic heterocycles. The van der Waals surface area contributed by atoms with E-state index in [1.807, 2.05) is 53.6 Å². The zero-order chi connectivity index (χ0) is 17.9. The number of thiazole rings is 1. The molecule has 1 fully saturated rings. The predicted octanol–water partition coefficient (Wildman–Crippen LogP) is 4.70. The van der Waals surface area contributed by atoms with Gasteiger partial charge in [0.25, 0.3) is 11.1 Å². The first-order valence-corrected chi connectivity index (χ1v) is 10.7. The van der Waals surface area contributed by atoms with Crippen LogP contribution in [0.4, 0.5) is 0 Å². The molecule has 1 aliphatic rings. The number of piperidine rings is 1. The fraction of sp³-hybridized carbons (Fsp3) is 0.300. The number of hydrogen-bond donors (Lipinski definition) is 0. The first-order valence-electron chi connectivity index (χ1n) is 8.68. The minimum Gasteiger partial charge on any atom is -0.467 e. The van der Waals surface area contributed by atoms with Crippen LogP contribution in [0.15, 0.2) is 53.4 Å². The second-order valence-corrected chi connectivity index (χ2v) is 8.16. The summed E-state index contributed by atoms with van der Waals surface area (Å²) in [5.41, 5.74) is 1.75. The molecule has 2 heterocycles. The molecule has 0 atom stereocenters. The molecule has 0 spiro atoms. The summed E-state index contributed by atoms with van der Waals surface area (Å²) in [7, 11) is 0. The number of rotatable bonds is 4. The molecule has 134 valence electrons. The van der Waals surface area contributed by atoms with E-state index >= 15 is 0 Å². The highest BCUT2D eigenvalue weighted by atomic mass is 32.2. The van der Waals surface area contributed by atoms with Crippen LogP contribution >= 0.6 is 23.1 Å². The largest absolute Gasteiger partial charge is 0.467 e. The van der Waals surface area contributed by atoms with Crippen molar-refractivity contribution in [3.05, 3.63) is 54.1 Å². The van der Waals surface area contributed by atoms with Crippen molar-refractivity contribution in [2.24, 2.45) is 0 Å². The number of carbonyl (C=O) groups excluding carboxylic acids is 1. The van der Waals surface area contributed by atoms with Crippen LogP contribution in [-0.4, -0.2) is 41.2 Å². The standard InChI is InChI=1S/C20H20N2O2S2/c1-25-16-6-4-5-14(13-16)19(23)22-11-9-15(10-12-22)24-20-21-17-7-2-3-8-18(17)26-20/h2-8,13,15H,9-12H2,1H3. The number of para-hydroxylation sites is 1. The van der Waals surface area contributed by atoms with Crippen LogP contribution in [0.1, 0.15) is 23.2 Å². The van der Waals surface area contributed by atoms with E-state index in [1.165, 1.54) is 0 Å². The Morgan fingerprint density at radius 2 is 2.00 bits per heavy atom. The lowest BCUT2D eigenvalue weighted by Gasteiger charge is -2.31. The molecule has 4 rings (SSSR count). The molecule has 3 aromatic rings. The van der Waals surface area contributed by atoms with Gasteiger partial charge in [-0.15, -0.1) is 11.8 Å². The summed E-state index contributed by atoms with van der Waals surface area (Å²) in [5, 5.41) is 0.726. The summed E-state index contributed by atoms with van der Waals surface area (Å²) in [6.45, 7) is 1.44. The van der Waals surface area contributed by atoms with Crippen molar-refractivity contribution in [1.29, 1.82) is 0 Å². The number of benzene rings is 2. The lowest BCUT2D eigenvalue weighted by atomic mass is 10.1. The van der Waals surface area contributed by atoms with Crippen molar-refractivity contribution in [3.8, 4) is 5.19 Å². The molecule has 6 heteroatoms. The van der Waals surface area contributed by atoms with E-state index in [2.05, 4.69) is 11.1 Å². The molecule has 0 N–H and O–H groups in total. The van der Waals surface area contributed by atoms with Crippen molar-refractivity contribution in [2.45, 2.75) is 23.8 Å². The molecule has 26 heavy (non-hydrogen) atoms.